The van der Waals surface area contributed by atoms with Crippen LogP contribution in [0.4, 0.5) is 11.4 Å². The Kier molecular flexibility index (Phi) is 8.59. The molecular weight excluding hydrogens is 315 g/mol. The van der Waals surface area contributed by atoms with Gasteiger partial charge in [0.1, 0.15) is 0 Å². The quantitative estimate of drug-likeness (QED) is 0.403. The number of aliphatic imine (C=N–C) groups is 2. The van der Waals surface area contributed by atoms with Crippen LogP contribution in [0.5, 0.6) is 0 Å². The maximum absolute atomic E-state index is 4.51. The van der Waals surface area contributed by atoms with E-state index in [0.29, 0.717) is 0 Å². The molecule has 0 aliphatic rings. The van der Waals surface area contributed by atoms with Gasteiger partial charge in [-0.15, -0.1) is 0 Å². The number of aryl methyl sites for hydroxylation is 4. The molecule has 0 aliphatic heterocycles. The van der Waals surface area contributed by atoms with Gasteiger partial charge in [0, 0.05) is 28.9 Å². The van der Waals surface area contributed by atoms with Crippen LogP contribution in [0.1, 0.15) is 22.3 Å². The van der Waals surface area contributed by atoms with Gasteiger partial charge in [0.15, 0.2) is 0 Å². The van der Waals surface area contributed by atoms with E-state index in [1.807, 2.05) is 0 Å². The smallest absolute Gasteiger partial charge is 0.0688 e. The molecule has 0 N–H and O–H groups in total. The Morgan fingerprint density at radius 1 is 0.636 bits per heavy atom. The molecule has 0 aliphatic carbocycles. The van der Waals surface area contributed by atoms with Crippen molar-refractivity contribution in [2.75, 3.05) is 0 Å². The molecule has 0 amide bonds. The monoisotopic (exact) mass is 337 g/mol. The molecule has 0 bridgehead atoms. The van der Waals surface area contributed by atoms with Gasteiger partial charge in [-0.2, -0.15) is 0 Å². The van der Waals surface area contributed by atoms with Gasteiger partial charge in [-0.25, -0.2) is 0 Å². The van der Waals surface area contributed by atoms with Crippen LogP contribution in [-0.4, -0.2) is 12.4 Å². The van der Waals surface area contributed by atoms with Gasteiger partial charge in [-0.1, -0.05) is 36.4 Å². The largest absolute Gasteiger partial charge is 0.358 e. The first-order chi connectivity index (χ1) is 9.59. The second-order valence-corrected chi connectivity index (χ2v) is 5.04. The predicted molar refractivity (Wildman–Crippen MR) is 94.6 cm³/mol. The zero-order valence-electron chi connectivity index (χ0n) is 13.8. The summed E-state index contributed by atoms with van der Waals surface area (Å²) < 4.78 is 0. The molecule has 120 valence electrons. The van der Waals surface area contributed by atoms with Gasteiger partial charge >= 0.3 is 0 Å². The van der Waals surface area contributed by atoms with Crippen LogP contribution in [0.3, 0.4) is 0 Å². The van der Waals surface area contributed by atoms with Crippen LogP contribution in [0.25, 0.3) is 0 Å². The summed E-state index contributed by atoms with van der Waals surface area (Å²) >= 11 is 0. The molecular formula is C19H23N2Ni-. The zero-order valence-corrected chi connectivity index (χ0v) is 14.8. The number of hydrogen-bond acceptors (Lipinski definition) is 2. The summed E-state index contributed by atoms with van der Waals surface area (Å²) in [7, 11) is 0. The summed E-state index contributed by atoms with van der Waals surface area (Å²) in [6.45, 7) is 8.29. The Labute approximate surface area is 144 Å². The number of hydrogen-bond donors (Lipinski definition) is 0. The molecule has 0 radical (unpaired) electrons. The maximum Gasteiger partial charge on any atom is 0.0688 e. The van der Waals surface area contributed by atoms with E-state index < -0.39 is 0 Å². The van der Waals surface area contributed by atoms with Crippen molar-refractivity contribution in [1.82, 2.24) is 0 Å². The molecule has 0 atom stereocenters. The van der Waals surface area contributed by atoms with Crippen LogP contribution in [0, 0.1) is 35.1 Å². The van der Waals surface area contributed by atoms with Crippen LogP contribution in [-0.2, 0) is 16.5 Å². The molecule has 22 heavy (non-hydrogen) atoms. The Bertz CT molecular complexity index is 573. The van der Waals surface area contributed by atoms with Crippen LogP contribution in [0.15, 0.2) is 46.4 Å². The number of benzene rings is 2. The third-order valence-electron chi connectivity index (χ3n) is 3.35. The summed E-state index contributed by atoms with van der Waals surface area (Å²) in [4.78, 5) is 9.01. The van der Waals surface area contributed by atoms with E-state index in [-0.39, 0.29) is 23.9 Å². The number of nitrogens with zero attached hydrogens (tertiary/aromatic N) is 2. The fraction of sp³-hybridized carbons (Fsp3) is 0.211. The van der Waals surface area contributed by atoms with Crippen LogP contribution >= 0.6 is 0 Å². The molecule has 0 spiro atoms. The van der Waals surface area contributed by atoms with E-state index in [0.717, 1.165) is 11.4 Å². The molecule has 0 heterocycles. The molecule has 0 aromatic heterocycles. The van der Waals surface area contributed by atoms with E-state index in [1.54, 1.807) is 12.4 Å². The Hall–Kier alpha value is -1.73. The average molecular weight is 338 g/mol. The average Bonchev–Trinajstić information content (AvgIpc) is 2.40. The minimum atomic E-state index is 0. The van der Waals surface area contributed by atoms with Crippen molar-refractivity contribution in [3.63, 3.8) is 0 Å². The summed E-state index contributed by atoms with van der Waals surface area (Å²) in [5.74, 6) is 0. The van der Waals surface area contributed by atoms with Crippen molar-refractivity contribution in [2.24, 2.45) is 9.98 Å². The molecule has 2 nitrogen and oxygen atoms in total. The third kappa shape index (κ3) is 4.92. The van der Waals surface area contributed by atoms with Gasteiger partial charge in [0.2, 0.25) is 0 Å². The minimum Gasteiger partial charge on any atom is -0.358 e. The topological polar surface area (TPSA) is 24.7 Å². The number of rotatable bonds is 3. The summed E-state index contributed by atoms with van der Waals surface area (Å²) in [5, 5.41) is 0. The third-order valence-corrected chi connectivity index (χ3v) is 3.35. The van der Waals surface area contributed by atoms with Gasteiger partial charge in [0.05, 0.1) is 11.4 Å². The van der Waals surface area contributed by atoms with Crippen molar-refractivity contribution in [3.8, 4) is 0 Å². The second kappa shape index (κ2) is 9.32. The van der Waals surface area contributed by atoms with Crippen molar-refractivity contribution in [2.45, 2.75) is 27.7 Å². The SMILES string of the molecule is Cc1cccc(C)c1N=CC=Nc1c(C)cccc1C.[CH3-].[Ni]. The van der Waals surface area contributed by atoms with Gasteiger partial charge in [-0.05, 0) is 49.9 Å². The molecule has 0 saturated carbocycles. The van der Waals surface area contributed by atoms with Crippen molar-refractivity contribution >= 4 is 23.8 Å². The van der Waals surface area contributed by atoms with Crippen LogP contribution in [0.2, 0.25) is 0 Å². The van der Waals surface area contributed by atoms with Gasteiger partial charge in [-0.3, -0.25) is 9.98 Å². The molecule has 2 aromatic rings. The molecule has 3 heteroatoms. The molecule has 2 rings (SSSR count). The predicted octanol–water partition coefficient (Wildman–Crippen LogP) is 5.47. The molecule has 0 unspecified atom stereocenters. The minimum absolute atomic E-state index is 0. The van der Waals surface area contributed by atoms with E-state index in [9.17, 15) is 0 Å². The summed E-state index contributed by atoms with van der Waals surface area (Å²) in [6.07, 6.45) is 3.53. The fourth-order valence-electron chi connectivity index (χ4n) is 2.23. The Morgan fingerprint density at radius 2 is 0.909 bits per heavy atom. The standard InChI is InChI=1S/C18H20N2.CH3.Ni/c1-13-7-5-8-14(2)17(13)19-11-12-20-18-15(3)9-6-10-16(18)4;;/h5-12H,1-4H3;1H3;/q;-1;. The first-order valence-electron chi connectivity index (χ1n) is 6.78. The van der Waals surface area contributed by atoms with E-state index in [2.05, 4.69) is 74.1 Å². The van der Waals surface area contributed by atoms with Gasteiger partial charge in [0.25, 0.3) is 0 Å². The first kappa shape index (κ1) is 20.3. The summed E-state index contributed by atoms with van der Waals surface area (Å²) in [5.41, 5.74) is 6.79. The Morgan fingerprint density at radius 3 is 1.18 bits per heavy atom. The van der Waals surface area contributed by atoms with E-state index in [4.69, 9.17) is 0 Å². The number of para-hydroxylation sites is 2. The fourth-order valence-corrected chi connectivity index (χ4v) is 2.23. The van der Waals surface area contributed by atoms with E-state index in [1.165, 1.54) is 22.3 Å². The Balaban J connectivity index is 0.00000220. The molecule has 0 saturated heterocycles. The first-order valence-corrected chi connectivity index (χ1v) is 6.78. The van der Waals surface area contributed by atoms with Crippen LogP contribution < -0.4 is 0 Å². The van der Waals surface area contributed by atoms with Crippen molar-refractivity contribution in [1.29, 1.82) is 0 Å². The molecule has 0 fully saturated rings. The molecule has 2 aromatic carbocycles. The second-order valence-electron chi connectivity index (χ2n) is 5.04. The van der Waals surface area contributed by atoms with Crippen molar-refractivity contribution in [3.05, 3.63) is 66.1 Å². The van der Waals surface area contributed by atoms with Crippen molar-refractivity contribution < 1.29 is 16.5 Å². The summed E-state index contributed by atoms with van der Waals surface area (Å²) in [6, 6.07) is 12.4. The normalized spacial score (nSPS) is 10.5. The van der Waals surface area contributed by atoms with E-state index >= 15 is 0 Å². The van der Waals surface area contributed by atoms with Gasteiger partial charge < -0.3 is 7.43 Å². The zero-order chi connectivity index (χ0) is 14.5. The maximum atomic E-state index is 4.51.